The first-order chi connectivity index (χ1) is 8.81. The second-order valence-electron chi connectivity index (χ2n) is 4.56. The van der Waals surface area contributed by atoms with E-state index in [-0.39, 0.29) is 5.91 Å². The Bertz CT molecular complexity index is 401. The normalized spacial score (nSPS) is 19.3. The van der Waals surface area contributed by atoms with E-state index in [0.29, 0.717) is 23.9 Å². The van der Waals surface area contributed by atoms with Crippen molar-refractivity contribution in [1.82, 2.24) is 10.6 Å². The maximum atomic E-state index is 12.0. The van der Waals surface area contributed by atoms with Crippen LogP contribution in [0.3, 0.4) is 0 Å². The average molecular weight is 248 g/mol. The highest BCUT2D eigenvalue weighted by Crippen LogP contribution is 2.16. The fourth-order valence-corrected chi connectivity index (χ4v) is 2.24. The third kappa shape index (κ3) is 3.23. The molecule has 1 unspecified atom stereocenters. The number of carbonyl (C=O) groups is 1. The number of benzene rings is 1. The van der Waals surface area contributed by atoms with Gasteiger partial charge in [0.1, 0.15) is 5.75 Å². The third-order valence-electron chi connectivity index (χ3n) is 3.27. The van der Waals surface area contributed by atoms with Crippen LogP contribution in [0.15, 0.2) is 24.3 Å². The number of nitrogens with one attached hydrogen (secondary N) is 2. The molecule has 1 amide bonds. The number of para-hydroxylation sites is 1. The molecule has 1 saturated heterocycles. The Hall–Kier alpha value is -1.55. The first-order valence-electron chi connectivity index (χ1n) is 6.46. The molecule has 1 aliphatic heterocycles. The third-order valence-corrected chi connectivity index (χ3v) is 3.27. The molecule has 4 heteroatoms. The summed E-state index contributed by atoms with van der Waals surface area (Å²) in [6, 6.07) is 7.68. The molecule has 2 N–H and O–H groups in total. The molecule has 0 saturated carbocycles. The molecule has 98 valence electrons. The van der Waals surface area contributed by atoms with Gasteiger partial charge >= 0.3 is 0 Å². The standard InChI is InChI=1S/C14H20N2O2/c1-18-13-8-3-2-7-12(13)14(17)16-10-11-6-4-5-9-15-11/h2-3,7-8,11,15H,4-6,9-10H2,1H3,(H,16,17). The lowest BCUT2D eigenvalue weighted by atomic mass is 10.0. The number of carbonyl (C=O) groups excluding carboxylic acids is 1. The molecule has 0 aliphatic carbocycles. The van der Waals surface area contributed by atoms with Crippen molar-refractivity contribution < 1.29 is 9.53 Å². The van der Waals surface area contributed by atoms with Crippen molar-refractivity contribution in [3.63, 3.8) is 0 Å². The van der Waals surface area contributed by atoms with Crippen LogP contribution >= 0.6 is 0 Å². The maximum absolute atomic E-state index is 12.0. The fourth-order valence-electron chi connectivity index (χ4n) is 2.24. The van der Waals surface area contributed by atoms with Crippen molar-refractivity contribution in [2.45, 2.75) is 25.3 Å². The topological polar surface area (TPSA) is 50.4 Å². The summed E-state index contributed by atoms with van der Waals surface area (Å²) in [7, 11) is 1.58. The summed E-state index contributed by atoms with van der Waals surface area (Å²) in [4.78, 5) is 12.0. The Morgan fingerprint density at radius 1 is 1.44 bits per heavy atom. The highest BCUT2D eigenvalue weighted by atomic mass is 16.5. The van der Waals surface area contributed by atoms with Crippen LogP contribution < -0.4 is 15.4 Å². The van der Waals surface area contributed by atoms with E-state index in [9.17, 15) is 4.79 Å². The highest BCUT2D eigenvalue weighted by molar-refractivity contribution is 5.96. The second kappa shape index (κ2) is 6.40. The highest BCUT2D eigenvalue weighted by Gasteiger charge is 2.15. The van der Waals surface area contributed by atoms with Crippen molar-refractivity contribution in [3.8, 4) is 5.75 Å². The zero-order chi connectivity index (χ0) is 12.8. The predicted octanol–water partition coefficient (Wildman–Crippen LogP) is 1.57. The van der Waals surface area contributed by atoms with E-state index in [0.717, 1.165) is 13.0 Å². The number of rotatable bonds is 4. The molecule has 4 nitrogen and oxygen atoms in total. The predicted molar refractivity (Wildman–Crippen MR) is 71.0 cm³/mol. The minimum atomic E-state index is -0.0696. The van der Waals surface area contributed by atoms with Gasteiger partial charge in [-0.3, -0.25) is 4.79 Å². The zero-order valence-corrected chi connectivity index (χ0v) is 10.7. The van der Waals surface area contributed by atoms with Gasteiger partial charge in [-0.05, 0) is 31.5 Å². The number of hydrogen-bond acceptors (Lipinski definition) is 3. The summed E-state index contributed by atoms with van der Waals surface area (Å²) in [6.45, 7) is 1.73. The summed E-state index contributed by atoms with van der Waals surface area (Å²) in [6.07, 6.45) is 3.60. The Morgan fingerprint density at radius 2 is 2.28 bits per heavy atom. The molecule has 1 heterocycles. The van der Waals surface area contributed by atoms with Gasteiger partial charge in [-0.25, -0.2) is 0 Å². The van der Waals surface area contributed by atoms with Gasteiger partial charge in [-0.15, -0.1) is 0 Å². The van der Waals surface area contributed by atoms with Crippen LogP contribution in [0.2, 0.25) is 0 Å². The van der Waals surface area contributed by atoms with Crippen LogP contribution in [0, 0.1) is 0 Å². The molecule has 0 aromatic heterocycles. The largest absolute Gasteiger partial charge is 0.496 e. The Morgan fingerprint density at radius 3 is 3.00 bits per heavy atom. The van der Waals surface area contributed by atoms with Gasteiger partial charge in [0.05, 0.1) is 12.7 Å². The molecular weight excluding hydrogens is 228 g/mol. The molecule has 1 fully saturated rings. The molecule has 1 atom stereocenters. The van der Waals surface area contributed by atoms with Crippen LogP contribution in [0.5, 0.6) is 5.75 Å². The molecule has 1 aliphatic rings. The van der Waals surface area contributed by atoms with Gasteiger partial charge in [0.2, 0.25) is 0 Å². The van der Waals surface area contributed by atoms with Gasteiger partial charge < -0.3 is 15.4 Å². The van der Waals surface area contributed by atoms with Crippen LogP contribution in [0.1, 0.15) is 29.6 Å². The summed E-state index contributed by atoms with van der Waals surface area (Å²) in [5.41, 5.74) is 0.593. The van der Waals surface area contributed by atoms with E-state index in [1.54, 1.807) is 19.2 Å². The molecule has 18 heavy (non-hydrogen) atoms. The van der Waals surface area contributed by atoms with Crippen LogP contribution in [-0.2, 0) is 0 Å². The Kier molecular flexibility index (Phi) is 4.59. The fraction of sp³-hybridized carbons (Fsp3) is 0.500. The van der Waals surface area contributed by atoms with E-state index in [2.05, 4.69) is 10.6 Å². The molecule has 0 radical (unpaired) electrons. The van der Waals surface area contributed by atoms with Crippen molar-refractivity contribution in [3.05, 3.63) is 29.8 Å². The summed E-state index contributed by atoms with van der Waals surface area (Å²) >= 11 is 0. The van der Waals surface area contributed by atoms with Gasteiger partial charge in [0.25, 0.3) is 5.91 Å². The summed E-state index contributed by atoms with van der Waals surface area (Å²) in [5, 5.41) is 6.37. The molecule has 1 aromatic rings. The van der Waals surface area contributed by atoms with E-state index in [4.69, 9.17) is 4.74 Å². The smallest absolute Gasteiger partial charge is 0.255 e. The van der Waals surface area contributed by atoms with Crippen molar-refractivity contribution in [1.29, 1.82) is 0 Å². The van der Waals surface area contributed by atoms with Gasteiger partial charge in [-0.1, -0.05) is 18.6 Å². The number of methoxy groups -OCH3 is 1. The van der Waals surface area contributed by atoms with Crippen LogP contribution in [-0.4, -0.2) is 32.1 Å². The zero-order valence-electron chi connectivity index (χ0n) is 10.7. The molecular formula is C14H20N2O2. The lowest BCUT2D eigenvalue weighted by Crippen LogP contribution is -2.43. The van der Waals surface area contributed by atoms with Crippen LogP contribution in [0.25, 0.3) is 0 Å². The number of hydrogen-bond donors (Lipinski definition) is 2. The Labute approximate surface area is 108 Å². The van der Waals surface area contributed by atoms with Crippen molar-refractivity contribution in [2.24, 2.45) is 0 Å². The van der Waals surface area contributed by atoms with Gasteiger partial charge in [0.15, 0.2) is 0 Å². The lowest BCUT2D eigenvalue weighted by molar-refractivity contribution is 0.0944. The quantitative estimate of drug-likeness (QED) is 0.850. The lowest BCUT2D eigenvalue weighted by Gasteiger charge is -2.23. The first-order valence-corrected chi connectivity index (χ1v) is 6.46. The summed E-state index contributed by atoms with van der Waals surface area (Å²) in [5.74, 6) is 0.548. The van der Waals surface area contributed by atoms with E-state index in [1.807, 2.05) is 12.1 Å². The Balaban J connectivity index is 1.90. The molecule has 2 rings (SSSR count). The average Bonchev–Trinajstić information content (AvgIpc) is 2.45. The molecule has 0 spiro atoms. The van der Waals surface area contributed by atoms with Crippen molar-refractivity contribution in [2.75, 3.05) is 20.2 Å². The van der Waals surface area contributed by atoms with Gasteiger partial charge in [0, 0.05) is 12.6 Å². The van der Waals surface area contributed by atoms with Crippen molar-refractivity contribution >= 4 is 5.91 Å². The monoisotopic (exact) mass is 248 g/mol. The first kappa shape index (κ1) is 12.9. The number of amides is 1. The second-order valence-corrected chi connectivity index (χ2v) is 4.56. The molecule has 1 aromatic carbocycles. The van der Waals surface area contributed by atoms with E-state index < -0.39 is 0 Å². The molecule has 0 bridgehead atoms. The summed E-state index contributed by atoms with van der Waals surface area (Å²) < 4.78 is 5.18. The number of piperidine rings is 1. The van der Waals surface area contributed by atoms with E-state index >= 15 is 0 Å². The minimum Gasteiger partial charge on any atom is -0.496 e. The van der Waals surface area contributed by atoms with E-state index in [1.165, 1.54) is 12.8 Å². The number of ether oxygens (including phenoxy) is 1. The SMILES string of the molecule is COc1ccccc1C(=O)NCC1CCCCN1. The van der Waals surface area contributed by atoms with Crippen LogP contribution in [0.4, 0.5) is 0 Å². The minimum absolute atomic E-state index is 0.0696. The maximum Gasteiger partial charge on any atom is 0.255 e. The van der Waals surface area contributed by atoms with Gasteiger partial charge in [-0.2, -0.15) is 0 Å².